The Balaban J connectivity index is 2.67. The summed E-state index contributed by atoms with van der Waals surface area (Å²) in [7, 11) is 0. The molecule has 0 aliphatic carbocycles. The summed E-state index contributed by atoms with van der Waals surface area (Å²) in [5, 5.41) is 0. The fraction of sp³-hybridized carbons (Fsp3) is 0.600. The third-order valence-electron chi connectivity index (χ3n) is 3.74. The van der Waals surface area contributed by atoms with Gasteiger partial charge in [-0.3, -0.25) is 0 Å². The van der Waals surface area contributed by atoms with E-state index >= 15 is 0 Å². The first-order chi connectivity index (χ1) is 11.8. The number of esters is 2. The lowest BCUT2D eigenvalue weighted by Crippen LogP contribution is -2.15. The molecule has 0 amide bonds. The highest BCUT2D eigenvalue weighted by Gasteiger charge is 2.20. The van der Waals surface area contributed by atoms with Crippen LogP contribution in [0.5, 0.6) is 0 Å². The van der Waals surface area contributed by atoms with Gasteiger partial charge >= 0.3 is 11.9 Å². The van der Waals surface area contributed by atoms with Gasteiger partial charge in [0.2, 0.25) is 0 Å². The van der Waals surface area contributed by atoms with Gasteiger partial charge in [0.25, 0.3) is 0 Å². The van der Waals surface area contributed by atoms with E-state index in [0.717, 1.165) is 30.2 Å². The van der Waals surface area contributed by atoms with Gasteiger partial charge in [-0.25, -0.2) is 9.59 Å². The molecule has 0 aliphatic rings. The van der Waals surface area contributed by atoms with Crippen LogP contribution in [0.25, 0.3) is 0 Å². The molecule has 140 valence electrons. The van der Waals surface area contributed by atoms with Crippen molar-refractivity contribution < 1.29 is 19.1 Å². The van der Waals surface area contributed by atoms with Gasteiger partial charge in [0.15, 0.2) is 0 Å². The van der Waals surface area contributed by atoms with Gasteiger partial charge in [-0.15, -0.1) is 0 Å². The molecule has 0 N–H and O–H groups in total. The molecule has 0 saturated heterocycles. The van der Waals surface area contributed by atoms with E-state index in [0.29, 0.717) is 25.0 Å². The highest BCUT2D eigenvalue weighted by molar-refractivity contribution is 9.10. The second-order valence-electron chi connectivity index (χ2n) is 7.03. The minimum Gasteiger partial charge on any atom is -0.462 e. The zero-order valence-electron chi connectivity index (χ0n) is 15.6. The van der Waals surface area contributed by atoms with E-state index in [-0.39, 0.29) is 11.1 Å². The van der Waals surface area contributed by atoms with Crippen LogP contribution < -0.4 is 0 Å². The van der Waals surface area contributed by atoms with Crippen LogP contribution in [0.15, 0.2) is 22.7 Å². The molecule has 1 rings (SSSR count). The Labute approximate surface area is 159 Å². The first kappa shape index (κ1) is 21.7. The molecule has 0 bridgehead atoms. The molecule has 1 aromatic carbocycles. The molecule has 0 fully saturated rings. The van der Waals surface area contributed by atoms with Crippen LogP contribution in [0.1, 0.15) is 74.1 Å². The Morgan fingerprint density at radius 1 is 0.880 bits per heavy atom. The Morgan fingerprint density at radius 2 is 1.36 bits per heavy atom. The molecular formula is C20H29BrO4. The standard InChI is InChI=1S/C20H29BrO4/c1-14(2)7-5-11-24-19(22)17-10-9-16(21)13-18(17)20(23)25-12-6-8-15(3)4/h9-10,13-15H,5-8,11-12H2,1-4H3. The number of carbonyl (C=O) groups excluding carboxylic acids is 2. The van der Waals surface area contributed by atoms with Crippen molar-refractivity contribution >= 4 is 27.9 Å². The van der Waals surface area contributed by atoms with Crippen molar-refractivity contribution in [2.75, 3.05) is 13.2 Å². The van der Waals surface area contributed by atoms with E-state index in [1.807, 2.05) is 0 Å². The van der Waals surface area contributed by atoms with Crippen LogP contribution in [-0.2, 0) is 9.47 Å². The van der Waals surface area contributed by atoms with Crippen LogP contribution in [0.3, 0.4) is 0 Å². The maximum absolute atomic E-state index is 12.3. The van der Waals surface area contributed by atoms with Crippen molar-refractivity contribution in [3.8, 4) is 0 Å². The molecule has 0 unspecified atom stereocenters. The smallest absolute Gasteiger partial charge is 0.339 e. The summed E-state index contributed by atoms with van der Waals surface area (Å²) < 4.78 is 11.3. The molecule has 0 radical (unpaired) electrons. The minimum absolute atomic E-state index is 0.243. The van der Waals surface area contributed by atoms with E-state index in [4.69, 9.17) is 9.47 Å². The minimum atomic E-state index is -0.487. The van der Waals surface area contributed by atoms with E-state index in [9.17, 15) is 9.59 Å². The van der Waals surface area contributed by atoms with Crippen LogP contribution in [0.2, 0.25) is 0 Å². The summed E-state index contributed by atoms with van der Waals surface area (Å²) in [5.41, 5.74) is 0.495. The van der Waals surface area contributed by atoms with Crippen molar-refractivity contribution in [3.05, 3.63) is 33.8 Å². The molecule has 1 aromatic rings. The Kier molecular flexibility index (Phi) is 9.79. The van der Waals surface area contributed by atoms with Crippen molar-refractivity contribution in [2.45, 2.75) is 53.4 Å². The van der Waals surface area contributed by atoms with Gasteiger partial charge in [-0.05, 0) is 55.7 Å². The second kappa shape index (κ2) is 11.3. The summed E-state index contributed by atoms with van der Waals surface area (Å²) in [5.74, 6) is 0.174. The Hall–Kier alpha value is -1.36. The molecule has 0 atom stereocenters. The normalized spacial score (nSPS) is 11.0. The van der Waals surface area contributed by atoms with Crippen molar-refractivity contribution in [1.29, 1.82) is 0 Å². The average molecular weight is 413 g/mol. The largest absolute Gasteiger partial charge is 0.462 e. The lowest BCUT2D eigenvalue weighted by molar-refractivity contribution is 0.0447. The number of hydrogen-bond donors (Lipinski definition) is 0. The molecule has 5 heteroatoms. The Morgan fingerprint density at radius 3 is 1.84 bits per heavy atom. The molecule has 25 heavy (non-hydrogen) atoms. The molecular weight excluding hydrogens is 384 g/mol. The molecule has 0 saturated carbocycles. The van der Waals surface area contributed by atoms with Gasteiger partial charge in [0.05, 0.1) is 24.3 Å². The summed E-state index contributed by atoms with van der Waals surface area (Å²) in [6.07, 6.45) is 3.62. The lowest BCUT2D eigenvalue weighted by atomic mass is 10.1. The van der Waals surface area contributed by atoms with Gasteiger partial charge < -0.3 is 9.47 Å². The SMILES string of the molecule is CC(C)CCCOC(=O)c1ccc(Br)cc1C(=O)OCCCC(C)C. The highest BCUT2D eigenvalue weighted by Crippen LogP contribution is 2.19. The zero-order valence-corrected chi connectivity index (χ0v) is 17.2. The molecule has 0 heterocycles. The monoisotopic (exact) mass is 412 g/mol. The number of carbonyl (C=O) groups is 2. The predicted molar refractivity (Wildman–Crippen MR) is 103 cm³/mol. The number of benzene rings is 1. The topological polar surface area (TPSA) is 52.6 Å². The fourth-order valence-corrected chi connectivity index (χ4v) is 2.69. The van der Waals surface area contributed by atoms with Crippen LogP contribution in [0.4, 0.5) is 0 Å². The summed E-state index contributed by atoms with van der Waals surface area (Å²) in [4.78, 5) is 24.6. The second-order valence-corrected chi connectivity index (χ2v) is 7.95. The predicted octanol–water partition coefficient (Wildman–Crippen LogP) is 5.64. The number of rotatable bonds is 10. The van der Waals surface area contributed by atoms with Gasteiger partial charge in [0.1, 0.15) is 0 Å². The van der Waals surface area contributed by atoms with Crippen LogP contribution in [0, 0.1) is 11.8 Å². The van der Waals surface area contributed by atoms with E-state index in [2.05, 4.69) is 43.6 Å². The third kappa shape index (κ3) is 8.52. The van der Waals surface area contributed by atoms with Gasteiger partial charge in [0, 0.05) is 4.47 Å². The van der Waals surface area contributed by atoms with Gasteiger partial charge in [-0.2, -0.15) is 0 Å². The summed E-state index contributed by atoms with van der Waals surface area (Å²) in [6, 6.07) is 4.93. The van der Waals surface area contributed by atoms with E-state index in [1.54, 1.807) is 18.2 Å². The molecule has 0 spiro atoms. The molecule has 0 aliphatic heterocycles. The number of hydrogen-bond acceptors (Lipinski definition) is 4. The summed E-state index contributed by atoms with van der Waals surface area (Å²) >= 11 is 3.33. The van der Waals surface area contributed by atoms with Crippen LogP contribution >= 0.6 is 15.9 Å². The first-order valence-corrected chi connectivity index (χ1v) is 9.74. The zero-order chi connectivity index (χ0) is 18.8. The first-order valence-electron chi connectivity index (χ1n) is 8.95. The Bertz CT molecular complexity index is 567. The maximum atomic E-state index is 12.3. The van der Waals surface area contributed by atoms with Gasteiger partial charge in [-0.1, -0.05) is 43.6 Å². The van der Waals surface area contributed by atoms with Crippen molar-refractivity contribution in [2.24, 2.45) is 11.8 Å². The fourth-order valence-electron chi connectivity index (χ4n) is 2.33. The van der Waals surface area contributed by atoms with E-state index in [1.165, 1.54) is 0 Å². The third-order valence-corrected chi connectivity index (χ3v) is 4.23. The maximum Gasteiger partial charge on any atom is 0.339 e. The highest BCUT2D eigenvalue weighted by atomic mass is 79.9. The average Bonchev–Trinajstić information content (AvgIpc) is 2.54. The van der Waals surface area contributed by atoms with Crippen molar-refractivity contribution in [3.63, 3.8) is 0 Å². The summed E-state index contributed by atoms with van der Waals surface area (Å²) in [6.45, 7) is 9.23. The van der Waals surface area contributed by atoms with Crippen LogP contribution in [-0.4, -0.2) is 25.2 Å². The molecule has 0 aromatic heterocycles. The quantitative estimate of drug-likeness (QED) is 0.368. The van der Waals surface area contributed by atoms with E-state index < -0.39 is 11.9 Å². The number of halogens is 1. The van der Waals surface area contributed by atoms with Crippen molar-refractivity contribution in [1.82, 2.24) is 0 Å². The lowest BCUT2D eigenvalue weighted by Gasteiger charge is -2.11. The molecule has 4 nitrogen and oxygen atoms in total. The number of ether oxygens (including phenoxy) is 2.